The molecule has 2 unspecified atom stereocenters. The standard InChI is InChI=1S/C8H14N2O/c9-6-7(10)5-8-3-1-2-4-11-8/h7-8H,1-5,10H2. The molecule has 2 atom stereocenters. The van der Waals surface area contributed by atoms with Gasteiger partial charge in [-0.05, 0) is 19.3 Å². The second kappa shape index (κ2) is 4.32. The fourth-order valence-corrected chi connectivity index (χ4v) is 1.33. The van der Waals surface area contributed by atoms with Gasteiger partial charge in [0.1, 0.15) is 0 Å². The van der Waals surface area contributed by atoms with Crippen molar-refractivity contribution >= 4 is 0 Å². The molecule has 0 amide bonds. The van der Waals surface area contributed by atoms with E-state index < -0.39 is 0 Å². The van der Waals surface area contributed by atoms with E-state index in [0.717, 1.165) is 19.4 Å². The normalized spacial score (nSPS) is 27.5. The Morgan fingerprint density at radius 3 is 3.00 bits per heavy atom. The summed E-state index contributed by atoms with van der Waals surface area (Å²) in [5, 5.41) is 8.43. The maximum absolute atomic E-state index is 8.43. The van der Waals surface area contributed by atoms with Crippen molar-refractivity contribution in [1.82, 2.24) is 0 Å². The summed E-state index contributed by atoms with van der Waals surface area (Å²) in [5.41, 5.74) is 5.46. The Balaban J connectivity index is 2.20. The molecule has 3 heteroatoms. The minimum Gasteiger partial charge on any atom is -0.378 e. The lowest BCUT2D eigenvalue weighted by atomic mass is 10.0. The molecule has 0 spiro atoms. The molecule has 0 aliphatic carbocycles. The molecule has 0 radical (unpaired) electrons. The summed E-state index contributed by atoms with van der Waals surface area (Å²) in [7, 11) is 0. The fraction of sp³-hybridized carbons (Fsp3) is 0.875. The van der Waals surface area contributed by atoms with E-state index in [9.17, 15) is 0 Å². The first-order valence-electron chi connectivity index (χ1n) is 4.09. The molecule has 62 valence electrons. The monoisotopic (exact) mass is 154 g/mol. The zero-order valence-electron chi connectivity index (χ0n) is 6.62. The zero-order chi connectivity index (χ0) is 8.10. The van der Waals surface area contributed by atoms with Gasteiger partial charge in [0.25, 0.3) is 0 Å². The number of nitrogens with zero attached hydrogens (tertiary/aromatic N) is 1. The molecule has 1 heterocycles. The topological polar surface area (TPSA) is 59.0 Å². The van der Waals surface area contributed by atoms with Crippen LogP contribution in [0.5, 0.6) is 0 Å². The average Bonchev–Trinajstić information content (AvgIpc) is 2.06. The minimum absolute atomic E-state index is 0.235. The van der Waals surface area contributed by atoms with Gasteiger partial charge in [0.15, 0.2) is 0 Å². The molecule has 1 saturated heterocycles. The number of nitriles is 1. The second-order valence-corrected chi connectivity index (χ2v) is 2.96. The van der Waals surface area contributed by atoms with Gasteiger partial charge in [-0.3, -0.25) is 0 Å². The average molecular weight is 154 g/mol. The van der Waals surface area contributed by atoms with Gasteiger partial charge in [0.2, 0.25) is 0 Å². The Labute approximate surface area is 67.1 Å². The first-order valence-corrected chi connectivity index (χ1v) is 4.09. The summed E-state index contributed by atoms with van der Waals surface area (Å²) in [5.74, 6) is 0. The van der Waals surface area contributed by atoms with E-state index in [1.807, 2.05) is 6.07 Å². The number of hydrogen-bond acceptors (Lipinski definition) is 3. The molecule has 0 aromatic rings. The molecular formula is C8H14N2O. The van der Waals surface area contributed by atoms with Crippen LogP contribution in [0.4, 0.5) is 0 Å². The molecule has 3 nitrogen and oxygen atoms in total. The summed E-state index contributed by atoms with van der Waals surface area (Å²) in [6.45, 7) is 0.836. The lowest BCUT2D eigenvalue weighted by molar-refractivity contribution is 0.00997. The highest BCUT2D eigenvalue weighted by Gasteiger charge is 2.16. The molecule has 1 aliphatic rings. The van der Waals surface area contributed by atoms with E-state index in [1.54, 1.807) is 0 Å². The van der Waals surface area contributed by atoms with E-state index in [4.69, 9.17) is 15.7 Å². The van der Waals surface area contributed by atoms with Gasteiger partial charge in [-0.15, -0.1) is 0 Å². The number of ether oxygens (including phenoxy) is 1. The summed E-state index contributed by atoms with van der Waals surface area (Å²) < 4.78 is 5.42. The van der Waals surface area contributed by atoms with Crippen molar-refractivity contribution in [3.63, 3.8) is 0 Å². The molecule has 1 rings (SSSR count). The zero-order valence-corrected chi connectivity index (χ0v) is 6.62. The maximum atomic E-state index is 8.43. The van der Waals surface area contributed by atoms with Crippen LogP contribution in [-0.2, 0) is 4.74 Å². The van der Waals surface area contributed by atoms with Gasteiger partial charge in [-0.25, -0.2) is 0 Å². The Morgan fingerprint density at radius 1 is 1.64 bits per heavy atom. The lowest BCUT2D eigenvalue weighted by Gasteiger charge is -2.22. The number of hydrogen-bond donors (Lipinski definition) is 1. The van der Waals surface area contributed by atoms with E-state index in [2.05, 4.69) is 0 Å². The van der Waals surface area contributed by atoms with Crippen molar-refractivity contribution in [3.05, 3.63) is 0 Å². The molecule has 0 bridgehead atoms. The van der Waals surface area contributed by atoms with Crippen LogP contribution in [-0.4, -0.2) is 18.8 Å². The highest BCUT2D eigenvalue weighted by molar-refractivity contribution is 4.88. The molecule has 0 saturated carbocycles. The summed E-state index contributed by atoms with van der Waals surface area (Å²) in [6.07, 6.45) is 4.35. The van der Waals surface area contributed by atoms with E-state index >= 15 is 0 Å². The summed E-state index contributed by atoms with van der Waals surface area (Å²) >= 11 is 0. The largest absolute Gasteiger partial charge is 0.378 e. The molecule has 0 aromatic carbocycles. The van der Waals surface area contributed by atoms with Crippen molar-refractivity contribution in [2.45, 2.75) is 37.8 Å². The smallest absolute Gasteiger partial charge is 0.0952 e. The van der Waals surface area contributed by atoms with Crippen LogP contribution in [0.1, 0.15) is 25.7 Å². The SMILES string of the molecule is N#CC(N)CC1CCCCO1. The van der Waals surface area contributed by atoms with E-state index in [1.165, 1.54) is 6.42 Å². The van der Waals surface area contributed by atoms with Crippen LogP contribution in [0.2, 0.25) is 0 Å². The second-order valence-electron chi connectivity index (χ2n) is 2.96. The minimum atomic E-state index is -0.349. The van der Waals surface area contributed by atoms with Crippen LogP contribution in [0.25, 0.3) is 0 Å². The Morgan fingerprint density at radius 2 is 2.45 bits per heavy atom. The van der Waals surface area contributed by atoms with Crippen LogP contribution in [0.3, 0.4) is 0 Å². The maximum Gasteiger partial charge on any atom is 0.0952 e. The van der Waals surface area contributed by atoms with Crippen molar-refractivity contribution in [1.29, 1.82) is 5.26 Å². The third-order valence-electron chi connectivity index (χ3n) is 1.96. The first-order chi connectivity index (χ1) is 5.33. The fourth-order valence-electron chi connectivity index (χ4n) is 1.33. The van der Waals surface area contributed by atoms with Crippen molar-refractivity contribution < 1.29 is 4.74 Å². The Kier molecular flexibility index (Phi) is 3.34. The quantitative estimate of drug-likeness (QED) is 0.640. The van der Waals surface area contributed by atoms with Gasteiger partial charge in [-0.1, -0.05) is 0 Å². The number of rotatable bonds is 2. The van der Waals surface area contributed by atoms with Crippen LogP contribution in [0, 0.1) is 11.3 Å². The molecule has 1 aliphatic heterocycles. The van der Waals surface area contributed by atoms with Gasteiger partial charge in [0.05, 0.1) is 18.2 Å². The predicted octanol–water partition coefficient (Wildman–Crippen LogP) is 0.796. The highest BCUT2D eigenvalue weighted by atomic mass is 16.5. The van der Waals surface area contributed by atoms with Gasteiger partial charge in [-0.2, -0.15) is 5.26 Å². The highest BCUT2D eigenvalue weighted by Crippen LogP contribution is 2.16. The van der Waals surface area contributed by atoms with Crippen LogP contribution >= 0.6 is 0 Å². The predicted molar refractivity (Wildman–Crippen MR) is 41.8 cm³/mol. The molecule has 1 fully saturated rings. The van der Waals surface area contributed by atoms with E-state index in [0.29, 0.717) is 6.42 Å². The molecule has 2 N–H and O–H groups in total. The Bertz CT molecular complexity index is 147. The van der Waals surface area contributed by atoms with E-state index in [-0.39, 0.29) is 12.1 Å². The molecule has 11 heavy (non-hydrogen) atoms. The molecule has 0 aromatic heterocycles. The first kappa shape index (κ1) is 8.51. The van der Waals surface area contributed by atoms with Crippen molar-refractivity contribution in [3.8, 4) is 6.07 Å². The lowest BCUT2D eigenvalue weighted by Crippen LogP contribution is -2.28. The van der Waals surface area contributed by atoms with Gasteiger partial charge in [0, 0.05) is 13.0 Å². The molecular weight excluding hydrogens is 140 g/mol. The number of nitrogens with two attached hydrogens (primary N) is 1. The van der Waals surface area contributed by atoms with Crippen LogP contribution < -0.4 is 5.73 Å². The van der Waals surface area contributed by atoms with Gasteiger partial charge < -0.3 is 10.5 Å². The third-order valence-corrected chi connectivity index (χ3v) is 1.96. The van der Waals surface area contributed by atoms with Gasteiger partial charge >= 0.3 is 0 Å². The summed E-state index contributed by atoms with van der Waals surface area (Å²) in [4.78, 5) is 0. The Hall–Kier alpha value is -0.590. The van der Waals surface area contributed by atoms with Crippen molar-refractivity contribution in [2.24, 2.45) is 5.73 Å². The van der Waals surface area contributed by atoms with Crippen LogP contribution in [0.15, 0.2) is 0 Å². The van der Waals surface area contributed by atoms with Crippen molar-refractivity contribution in [2.75, 3.05) is 6.61 Å². The third kappa shape index (κ3) is 2.87. The summed E-state index contributed by atoms with van der Waals surface area (Å²) in [6, 6.07) is 1.66.